The predicted molar refractivity (Wildman–Crippen MR) is 126 cm³/mol. The minimum Gasteiger partial charge on any atom is -0.339 e. The summed E-state index contributed by atoms with van der Waals surface area (Å²) >= 11 is 3.82. The summed E-state index contributed by atoms with van der Waals surface area (Å²) in [4.78, 5) is 32.8. The lowest BCUT2D eigenvalue weighted by Gasteiger charge is -2.43. The summed E-state index contributed by atoms with van der Waals surface area (Å²) in [5.41, 5.74) is 0.700. The molecule has 154 valence electrons. The van der Waals surface area contributed by atoms with Gasteiger partial charge in [-0.25, -0.2) is 0 Å². The molecule has 0 bridgehead atoms. The van der Waals surface area contributed by atoms with Crippen LogP contribution < -0.4 is 4.90 Å². The number of likely N-dealkylation sites (N-methyl/N-ethyl adjacent to an activating group) is 1. The molecule has 2 aliphatic rings. The summed E-state index contributed by atoms with van der Waals surface area (Å²) in [6, 6.07) is 14.2. The van der Waals surface area contributed by atoms with Crippen molar-refractivity contribution in [1.82, 2.24) is 9.80 Å². The molecule has 0 N–H and O–H groups in total. The Morgan fingerprint density at radius 1 is 1.14 bits per heavy atom. The fourth-order valence-corrected chi connectivity index (χ4v) is 6.09. The number of amides is 1. The number of halogens is 1. The van der Waals surface area contributed by atoms with Crippen LogP contribution in [-0.2, 0) is 4.79 Å². The summed E-state index contributed by atoms with van der Waals surface area (Å²) in [5.74, 6) is 0.484. The predicted octanol–water partition coefficient (Wildman–Crippen LogP) is 4.09. The van der Waals surface area contributed by atoms with E-state index in [0.29, 0.717) is 13.1 Å². The summed E-state index contributed by atoms with van der Waals surface area (Å²) in [7, 11) is 1.90. The number of carbonyl (C=O) groups is 2. The van der Waals surface area contributed by atoms with Crippen molar-refractivity contribution < 1.29 is 9.59 Å². The van der Waals surface area contributed by atoms with Crippen LogP contribution in [0.5, 0.6) is 0 Å². The molecule has 2 saturated heterocycles. The van der Waals surface area contributed by atoms with E-state index in [4.69, 9.17) is 0 Å². The number of Topliss-reactive ketones (excluding diaryl/α,β-unsaturated/α-hetero) is 1. The Morgan fingerprint density at radius 2 is 1.86 bits per heavy atom. The SMILES string of the molecule is CN1CN(c2ccccc2)C2(CCN(CCCC(=O)c3ccc([123I])s3)CC2)C1=O. The van der Waals surface area contributed by atoms with Crippen molar-refractivity contribution in [2.24, 2.45) is 0 Å². The summed E-state index contributed by atoms with van der Waals surface area (Å²) in [6.07, 6.45) is 3.14. The zero-order valence-corrected chi connectivity index (χ0v) is 19.6. The van der Waals surface area contributed by atoms with Crippen molar-refractivity contribution in [2.75, 3.05) is 38.3 Å². The van der Waals surface area contributed by atoms with Gasteiger partial charge in [0.25, 0.3) is 0 Å². The van der Waals surface area contributed by atoms with Gasteiger partial charge in [0.05, 0.1) is 14.4 Å². The molecular formula is C22H26IN3O2S. The van der Waals surface area contributed by atoms with Crippen LogP contribution in [0.15, 0.2) is 42.5 Å². The molecule has 1 amide bonds. The van der Waals surface area contributed by atoms with Gasteiger partial charge in [0.15, 0.2) is 5.78 Å². The van der Waals surface area contributed by atoms with Gasteiger partial charge in [-0.15, -0.1) is 11.3 Å². The number of hydrogen-bond donors (Lipinski definition) is 0. The molecule has 0 radical (unpaired) electrons. The van der Waals surface area contributed by atoms with Crippen molar-refractivity contribution in [1.29, 1.82) is 0 Å². The van der Waals surface area contributed by atoms with E-state index in [1.807, 2.05) is 42.3 Å². The molecule has 29 heavy (non-hydrogen) atoms. The number of piperidine rings is 1. The zero-order valence-electron chi connectivity index (χ0n) is 16.6. The molecule has 2 aliphatic heterocycles. The molecule has 0 unspecified atom stereocenters. The number of benzene rings is 1. The fourth-order valence-electron chi connectivity index (χ4n) is 4.50. The minimum atomic E-state index is -0.421. The van der Waals surface area contributed by atoms with Gasteiger partial charge in [0.1, 0.15) is 5.54 Å². The first kappa shape index (κ1) is 20.8. The average Bonchev–Trinajstić information content (AvgIpc) is 3.28. The van der Waals surface area contributed by atoms with Gasteiger partial charge in [-0.1, -0.05) is 18.2 Å². The maximum Gasteiger partial charge on any atom is 0.249 e. The molecule has 3 heterocycles. The third-order valence-electron chi connectivity index (χ3n) is 6.09. The lowest BCUT2D eigenvalue weighted by atomic mass is 9.85. The number of para-hydroxylation sites is 1. The molecule has 0 aliphatic carbocycles. The van der Waals surface area contributed by atoms with E-state index in [0.717, 1.165) is 52.3 Å². The van der Waals surface area contributed by atoms with Crippen LogP contribution in [-0.4, -0.2) is 60.4 Å². The Balaban J connectivity index is 1.34. The summed E-state index contributed by atoms with van der Waals surface area (Å²) in [5, 5.41) is 0. The van der Waals surface area contributed by atoms with Crippen molar-refractivity contribution in [2.45, 2.75) is 31.2 Å². The number of nitrogens with zero attached hydrogens (tertiary/aromatic N) is 3. The second-order valence-corrected chi connectivity index (χ2v) is 10.9. The molecule has 2 aromatic rings. The van der Waals surface area contributed by atoms with E-state index in [2.05, 4.69) is 44.5 Å². The monoisotopic (exact) mass is 519 g/mol. The van der Waals surface area contributed by atoms with Crippen LogP contribution >= 0.6 is 33.9 Å². The van der Waals surface area contributed by atoms with Gasteiger partial charge in [-0.05, 0) is 72.7 Å². The van der Waals surface area contributed by atoms with Crippen LogP contribution in [0, 0.1) is 2.88 Å². The maximum atomic E-state index is 13.1. The number of anilines is 1. The van der Waals surface area contributed by atoms with Gasteiger partial charge in [0.2, 0.25) is 5.91 Å². The van der Waals surface area contributed by atoms with Crippen LogP contribution in [0.1, 0.15) is 35.4 Å². The number of ketones is 1. The highest BCUT2D eigenvalue weighted by Crippen LogP contribution is 2.38. The molecule has 0 saturated carbocycles. The number of hydrogen-bond acceptors (Lipinski definition) is 5. The molecule has 4 rings (SSSR count). The second kappa shape index (κ2) is 8.73. The van der Waals surface area contributed by atoms with Crippen molar-refractivity contribution in [3.05, 3.63) is 50.2 Å². The van der Waals surface area contributed by atoms with E-state index in [9.17, 15) is 9.59 Å². The Hall–Kier alpha value is -1.45. The Bertz CT molecular complexity index is 877. The minimum absolute atomic E-state index is 0.239. The Morgan fingerprint density at radius 3 is 2.52 bits per heavy atom. The third kappa shape index (κ3) is 4.22. The van der Waals surface area contributed by atoms with E-state index in [-0.39, 0.29) is 11.7 Å². The first-order valence-corrected chi connectivity index (χ1v) is 12.0. The van der Waals surface area contributed by atoms with Crippen molar-refractivity contribution in [3.63, 3.8) is 0 Å². The number of likely N-dealkylation sites (tertiary alicyclic amines) is 1. The van der Waals surface area contributed by atoms with Gasteiger partial charge in [-0.3, -0.25) is 9.59 Å². The molecule has 0 atom stereocenters. The third-order valence-corrected chi connectivity index (χ3v) is 8.03. The van der Waals surface area contributed by atoms with Gasteiger partial charge < -0.3 is 14.7 Å². The summed E-state index contributed by atoms with van der Waals surface area (Å²) in [6.45, 7) is 3.36. The van der Waals surface area contributed by atoms with Crippen molar-refractivity contribution in [3.8, 4) is 0 Å². The average molecular weight is 519 g/mol. The smallest absolute Gasteiger partial charge is 0.249 e. The standard InChI is InChI=1S/C22H26IN3O2S/c1-24-16-26(17-6-3-2-4-7-17)22(21(24)28)11-14-25(15-12-22)13-5-8-18(27)19-9-10-20(23)29-19/h2-4,6-7,9-10H,5,8,11-16H2,1H3/i23-4. The molecule has 1 aromatic carbocycles. The van der Waals surface area contributed by atoms with Gasteiger partial charge in [0, 0.05) is 32.2 Å². The van der Waals surface area contributed by atoms with E-state index in [1.54, 1.807) is 11.3 Å². The van der Waals surface area contributed by atoms with E-state index in [1.165, 1.54) is 0 Å². The highest BCUT2D eigenvalue weighted by molar-refractivity contribution is 14.1. The first-order chi connectivity index (χ1) is 14.0. The molecule has 1 aromatic heterocycles. The normalized spacial score (nSPS) is 19.3. The quantitative estimate of drug-likeness (QED) is 0.426. The van der Waals surface area contributed by atoms with E-state index >= 15 is 0 Å². The Kier molecular flexibility index (Phi) is 6.27. The number of thiophene rings is 1. The van der Waals surface area contributed by atoms with Crippen LogP contribution in [0.4, 0.5) is 5.69 Å². The largest absolute Gasteiger partial charge is 0.339 e. The summed E-state index contributed by atoms with van der Waals surface area (Å²) < 4.78 is 1.15. The zero-order chi connectivity index (χ0) is 20.4. The highest BCUT2D eigenvalue weighted by atomic mass is 123. The van der Waals surface area contributed by atoms with Crippen molar-refractivity contribution >= 4 is 51.3 Å². The number of rotatable bonds is 6. The molecule has 1 spiro atoms. The lowest BCUT2D eigenvalue weighted by molar-refractivity contribution is -0.132. The molecular weight excluding hydrogens is 493 g/mol. The molecule has 5 nitrogen and oxygen atoms in total. The van der Waals surface area contributed by atoms with Crippen LogP contribution in [0.2, 0.25) is 0 Å². The molecule has 7 heteroatoms. The van der Waals surface area contributed by atoms with Gasteiger partial charge >= 0.3 is 0 Å². The van der Waals surface area contributed by atoms with Crippen LogP contribution in [0.3, 0.4) is 0 Å². The lowest BCUT2D eigenvalue weighted by Crippen LogP contribution is -2.56. The highest BCUT2D eigenvalue weighted by Gasteiger charge is 2.52. The fraction of sp³-hybridized carbons (Fsp3) is 0.455. The Labute approximate surface area is 189 Å². The maximum absolute atomic E-state index is 13.1. The van der Waals surface area contributed by atoms with Crippen LogP contribution in [0.25, 0.3) is 0 Å². The molecule has 2 fully saturated rings. The first-order valence-electron chi connectivity index (χ1n) is 10.1. The topological polar surface area (TPSA) is 43.9 Å². The second-order valence-electron chi connectivity index (χ2n) is 7.91. The van der Waals surface area contributed by atoms with E-state index < -0.39 is 5.54 Å². The van der Waals surface area contributed by atoms with Gasteiger partial charge in [-0.2, -0.15) is 0 Å². The number of carbonyl (C=O) groups excluding carboxylic acids is 2.